The molecule has 238 valence electrons. The first-order valence-corrected chi connectivity index (χ1v) is 15.2. The van der Waals surface area contributed by atoms with Crippen molar-refractivity contribution >= 4 is 34.3 Å². The van der Waals surface area contributed by atoms with E-state index in [-0.39, 0.29) is 18.0 Å². The number of piperidine rings is 1. The van der Waals surface area contributed by atoms with E-state index in [1.165, 1.54) is 10.9 Å². The van der Waals surface area contributed by atoms with E-state index in [0.717, 1.165) is 29.2 Å². The molecule has 0 aliphatic carbocycles. The highest BCUT2D eigenvalue weighted by Gasteiger charge is 2.28. The highest BCUT2D eigenvalue weighted by Crippen LogP contribution is 2.39. The van der Waals surface area contributed by atoms with Crippen LogP contribution in [0.25, 0.3) is 22.0 Å². The van der Waals surface area contributed by atoms with Gasteiger partial charge in [0.25, 0.3) is 0 Å². The molecule has 0 bridgehead atoms. The summed E-state index contributed by atoms with van der Waals surface area (Å²) in [5.41, 5.74) is 2.36. The van der Waals surface area contributed by atoms with Gasteiger partial charge in [0, 0.05) is 55.0 Å². The van der Waals surface area contributed by atoms with Gasteiger partial charge in [0.15, 0.2) is 11.6 Å². The van der Waals surface area contributed by atoms with Crippen LogP contribution in [0.5, 0.6) is 11.6 Å². The summed E-state index contributed by atoms with van der Waals surface area (Å²) >= 11 is 0. The molecule has 1 unspecified atom stereocenters. The van der Waals surface area contributed by atoms with Gasteiger partial charge < -0.3 is 25.0 Å². The zero-order valence-electron chi connectivity index (χ0n) is 26.5. The van der Waals surface area contributed by atoms with Crippen LogP contribution in [-0.2, 0) is 11.8 Å². The van der Waals surface area contributed by atoms with Crippen molar-refractivity contribution in [2.45, 2.75) is 52.2 Å². The Morgan fingerprint density at radius 2 is 1.89 bits per heavy atom. The smallest absolute Gasteiger partial charge is 0.410 e. The normalized spacial score (nSPS) is 15.1. The number of halogens is 1. The number of carbonyl (C=O) groups excluding carboxylic acids is 1. The quantitative estimate of drug-likeness (QED) is 0.193. The molecule has 0 saturated carbocycles. The molecule has 1 fully saturated rings. The number of ether oxygens (including phenoxy) is 2. The molecule has 1 saturated heterocycles. The van der Waals surface area contributed by atoms with Crippen LogP contribution in [-0.4, -0.2) is 60.5 Å². The largest absolute Gasteiger partial charge is 0.444 e. The van der Waals surface area contributed by atoms with Gasteiger partial charge in [-0.3, -0.25) is 4.68 Å². The topological polar surface area (TPSA) is 119 Å². The zero-order valence-corrected chi connectivity index (χ0v) is 26.5. The van der Waals surface area contributed by atoms with Gasteiger partial charge in [-0.25, -0.2) is 24.1 Å². The molecule has 1 atom stereocenters. The third-order valence-electron chi connectivity index (χ3n) is 7.55. The van der Waals surface area contributed by atoms with E-state index in [1.54, 1.807) is 24.3 Å². The van der Waals surface area contributed by atoms with E-state index >= 15 is 0 Å². The number of hydrogen-bond donors (Lipinski definition) is 2. The van der Waals surface area contributed by atoms with Gasteiger partial charge in [0.1, 0.15) is 11.4 Å². The molecule has 46 heavy (non-hydrogen) atoms. The summed E-state index contributed by atoms with van der Waals surface area (Å²) in [5, 5.41) is 12.4. The van der Waals surface area contributed by atoms with Crippen molar-refractivity contribution in [2.24, 2.45) is 7.05 Å². The SMILES string of the molecule is Cc1ccc2c(Nc3nn(C)cc3F)cccc2c1Oc1ncccc1-c1ccnc(NC2CCCN(C(=O)OC(C)(C)C)C2)n1. The number of pyridine rings is 1. The molecule has 3 aromatic heterocycles. The number of anilines is 3. The molecule has 11 nitrogen and oxygen atoms in total. The average Bonchev–Trinajstić information content (AvgIpc) is 3.34. The van der Waals surface area contributed by atoms with E-state index in [9.17, 15) is 9.18 Å². The molecule has 0 spiro atoms. The maximum atomic E-state index is 14.4. The summed E-state index contributed by atoms with van der Waals surface area (Å²) < 4.78 is 27.9. The fourth-order valence-corrected chi connectivity index (χ4v) is 5.47. The molecule has 0 radical (unpaired) electrons. The first kappa shape index (κ1) is 30.8. The minimum absolute atomic E-state index is 0.0261. The maximum Gasteiger partial charge on any atom is 0.410 e. The second kappa shape index (κ2) is 12.6. The predicted octanol–water partition coefficient (Wildman–Crippen LogP) is 7.22. The molecule has 2 N–H and O–H groups in total. The third kappa shape index (κ3) is 6.85. The number of hydrogen-bond acceptors (Lipinski definition) is 9. The van der Waals surface area contributed by atoms with Gasteiger partial charge >= 0.3 is 6.09 Å². The second-order valence-electron chi connectivity index (χ2n) is 12.4. The highest BCUT2D eigenvalue weighted by molar-refractivity contribution is 5.99. The van der Waals surface area contributed by atoms with Gasteiger partial charge in [-0.1, -0.05) is 24.3 Å². The monoisotopic (exact) mass is 624 g/mol. The minimum Gasteiger partial charge on any atom is -0.444 e. The number of amides is 1. The zero-order chi connectivity index (χ0) is 32.4. The van der Waals surface area contributed by atoms with Crippen molar-refractivity contribution < 1.29 is 18.7 Å². The number of nitrogens with one attached hydrogen (secondary N) is 2. The number of benzene rings is 2. The number of carbonyl (C=O) groups is 1. The molecule has 1 aliphatic heterocycles. The predicted molar refractivity (Wildman–Crippen MR) is 175 cm³/mol. The number of fused-ring (bicyclic) bond motifs is 1. The molecule has 2 aromatic carbocycles. The summed E-state index contributed by atoms with van der Waals surface area (Å²) in [6, 6.07) is 15.1. The molecule has 12 heteroatoms. The van der Waals surface area contributed by atoms with Crippen LogP contribution in [0.2, 0.25) is 0 Å². The average molecular weight is 625 g/mol. The van der Waals surface area contributed by atoms with E-state index < -0.39 is 11.4 Å². The number of nitrogens with zero attached hydrogens (tertiary/aromatic N) is 6. The summed E-state index contributed by atoms with van der Waals surface area (Å²) in [7, 11) is 1.67. The lowest BCUT2D eigenvalue weighted by Gasteiger charge is -2.34. The van der Waals surface area contributed by atoms with Crippen LogP contribution in [0, 0.1) is 12.7 Å². The Morgan fingerprint density at radius 3 is 2.67 bits per heavy atom. The summed E-state index contributed by atoms with van der Waals surface area (Å²) in [6.07, 6.45) is 6.07. The second-order valence-corrected chi connectivity index (χ2v) is 12.4. The van der Waals surface area contributed by atoms with Crippen LogP contribution < -0.4 is 15.4 Å². The molecule has 4 heterocycles. The molecular formula is C34H37FN8O3. The number of likely N-dealkylation sites (tertiary alicyclic amines) is 1. The van der Waals surface area contributed by atoms with Gasteiger partial charge in [-0.2, -0.15) is 5.10 Å². The first-order chi connectivity index (χ1) is 22.0. The van der Waals surface area contributed by atoms with Crippen molar-refractivity contribution in [1.82, 2.24) is 29.6 Å². The lowest BCUT2D eigenvalue weighted by molar-refractivity contribution is 0.0206. The summed E-state index contributed by atoms with van der Waals surface area (Å²) in [4.78, 5) is 28.2. The fourth-order valence-electron chi connectivity index (χ4n) is 5.47. The Kier molecular flexibility index (Phi) is 8.44. The number of aromatic nitrogens is 5. The summed E-state index contributed by atoms with van der Waals surface area (Å²) in [6.45, 7) is 8.70. The maximum absolute atomic E-state index is 14.4. The molecule has 1 aliphatic rings. The molecule has 1 amide bonds. The van der Waals surface area contributed by atoms with Gasteiger partial charge in [-0.15, -0.1) is 0 Å². The molecular weight excluding hydrogens is 587 g/mol. The summed E-state index contributed by atoms with van der Waals surface area (Å²) in [5.74, 6) is 1.15. The lowest BCUT2D eigenvalue weighted by atomic mass is 10.0. The first-order valence-electron chi connectivity index (χ1n) is 15.2. The van der Waals surface area contributed by atoms with E-state index in [2.05, 4.69) is 25.7 Å². The Bertz CT molecular complexity index is 1890. The third-order valence-corrected chi connectivity index (χ3v) is 7.55. The standard InChI is InChI=1S/C34H37FN8O3/c1-21-13-14-23-24(10-6-12-27(23)39-30-26(35)20-42(5)41-30)29(21)45-31-25(11-7-16-36-31)28-15-17-37-32(40-28)38-22-9-8-18-43(19-22)33(44)46-34(2,3)4/h6-7,10-17,20,22H,8-9,18-19H2,1-5H3,(H,39,41)(H,37,38,40). The van der Waals surface area contributed by atoms with Gasteiger partial charge in [-0.05, 0) is 70.4 Å². The van der Waals surface area contributed by atoms with Crippen LogP contribution >= 0.6 is 0 Å². The Balaban J connectivity index is 1.25. The minimum atomic E-state index is -0.554. The Hall–Kier alpha value is -5.26. The van der Waals surface area contributed by atoms with Gasteiger partial charge in [0.05, 0.1) is 17.5 Å². The lowest BCUT2D eigenvalue weighted by Crippen LogP contribution is -2.47. The van der Waals surface area contributed by atoms with Crippen LogP contribution in [0.3, 0.4) is 0 Å². The van der Waals surface area contributed by atoms with Crippen molar-refractivity contribution in [3.05, 3.63) is 78.5 Å². The van der Waals surface area contributed by atoms with Gasteiger partial charge in [0.2, 0.25) is 11.8 Å². The van der Waals surface area contributed by atoms with E-state index in [1.807, 2.05) is 76.2 Å². The van der Waals surface area contributed by atoms with E-state index in [4.69, 9.17) is 14.5 Å². The van der Waals surface area contributed by atoms with Crippen molar-refractivity contribution in [1.29, 1.82) is 0 Å². The van der Waals surface area contributed by atoms with Crippen molar-refractivity contribution in [3.63, 3.8) is 0 Å². The van der Waals surface area contributed by atoms with Crippen molar-refractivity contribution in [3.8, 4) is 22.9 Å². The highest BCUT2D eigenvalue weighted by atomic mass is 19.1. The number of aryl methyl sites for hydroxylation is 2. The van der Waals surface area contributed by atoms with Crippen molar-refractivity contribution in [2.75, 3.05) is 23.7 Å². The fraction of sp³-hybridized carbons (Fsp3) is 0.324. The Labute approximate surface area is 266 Å². The Morgan fingerprint density at radius 1 is 1.04 bits per heavy atom. The number of rotatable bonds is 7. The molecule has 5 aromatic rings. The van der Waals surface area contributed by atoms with E-state index in [0.29, 0.717) is 47.6 Å². The molecule has 6 rings (SSSR count). The van der Waals surface area contributed by atoms with Crippen LogP contribution in [0.4, 0.5) is 26.6 Å². The van der Waals surface area contributed by atoms with Crippen LogP contribution in [0.15, 0.2) is 67.1 Å². The van der Waals surface area contributed by atoms with Crippen LogP contribution in [0.1, 0.15) is 39.2 Å².